The maximum atomic E-state index is 11.5. The fourth-order valence-corrected chi connectivity index (χ4v) is 2.86. The van der Waals surface area contributed by atoms with Gasteiger partial charge in [-0.05, 0) is 32.1 Å². The van der Waals surface area contributed by atoms with Crippen molar-refractivity contribution >= 4 is 35.8 Å². The zero-order chi connectivity index (χ0) is 16.2. The molecule has 0 aromatic heterocycles. The molecule has 0 unspecified atom stereocenters. The number of rotatable bonds is 8. The molecule has 1 fully saturated rings. The molecule has 0 saturated carbocycles. The molecule has 23 heavy (non-hydrogen) atoms. The lowest BCUT2D eigenvalue weighted by molar-refractivity contribution is -0.121. The van der Waals surface area contributed by atoms with Gasteiger partial charge in [-0.25, -0.2) is 0 Å². The summed E-state index contributed by atoms with van der Waals surface area (Å²) in [5.41, 5.74) is 0. The minimum absolute atomic E-state index is 0. The highest BCUT2D eigenvalue weighted by atomic mass is 127. The molecular formula is C17H35IN4O. The molecule has 5 nitrogen and oxygen atoms in total. The number of nitrogens with one attached hydrogen (secondary N) is 2. The molecule has 1 rings (SSSR count). The van der Waals surface area contributed by atoms with E-state index in [1.807, 2.05) is 0 Å². The first kappa shape index (κ1) is 22.5. The predicted molar refractivity (Wildman–Crippen MR) is 109 cm³/mol. The van der Waals surface area contributed by atoms with Crippen LogP contribution in [0.1, 0.15) is 58.8 Å². The molecule has 0 atom stereocenters. The number of carbonyl (C=O) groups is 1. The van der Waals surface area contributed by atoms with Crippen LogP contribution in [0.2, 0.25) is 0 Å². The molecule has 2 N–H and O–H groups in total. The standard InChI is InChI=1S/C17H34N4O.HI/c1-4-6-7-8-11-20-17(19-5-2)21-12-9-15(10-13-21)14-16(22)18-3;/h15H,4-14H2,1-3H3,(H,18,22)(H,19,20);1H. The Bertz CT molecular complexity index is 341. The van der Waals surface area contributed by atoms with Crippen molar-refractivity contribution < 1.29 is 4.79 Å². The summed E-state index contributed by atoms with van der Waals surface area (Å²) in [6.07, 6.45) is 7.83. The first-order chi connectivity index (χ1) is 10.7. The number of aliphatic imine (C=N–C) groups is 1. The Morgan fingerprint density at radius 2 is 1.87 bits per heavy atom. The molecular weight excluding hydrogens is 403 g/mol. The number of piperidine rings is 1. The van der Waals surface area contributed by atoms with Gasteiger partial charge >= 0.3 is 0 Å². The summed E-state index contributed by atoms with van der Waals surface area (Å²) in [4.78, 5) is 18.6. The second kappa shape index (κ2) is 13.9. The van der Waals surface area contributed by atoms with Crippen LogP contribution in [0.15, 0.2) is 4.99 Å². The fraction of sp³-hybridized carbons (Fsp3) is 0.882. The predicted octanol–water partition coefficient (Wildman–Crippen LogP) is 3.00. The lowest BCUT2D eigenvalue weighted by atomic mass is 9.93. The molecule has 1 saturated heterocycles. The number of unbranched alkanes of at least 4 members (excludes halogenated alkanes) is 3. The highest BCUT2D eigenvalue weighted by molar-refractivity contribution is 14.0. The molecule has 0 aromatic carbocycles. The summed E-state index contributed by atoms with van der Waals surface area (Å²) in [6, 6.07) is 0. The van der Waals surface area contributed by atoms with Crippen molar-refractivity contribution in [1.82, 2.24) is 15.5 Å². The molecule has 0 bridgehead atoms. The van der Waals surface area contributed by atoms with Gasteiger partial charge in [0.2, 0.25) is 5.91 Å². The van der Waals surface area contributed by atoms with Crippen LogP contribution in [0.4, 0.5) is 0 Å². The molecule has 1 aliphatic heterocycles. The van der Waals surface area contributed by atoms with Crippen LogP contribution >= 0.6 is 24.0 Å². The molecule has 0 aromatic rings. The number of guanidine groups is 1. The number of halogens is 1. The first-order valence-corrected chi connectivity index (χ1v) is 8.95. The minimum Gasteiger partial charge on any atom is -0.359 e. The Hall–Kier alpha value is -0.530. The van der Waals surface area contributed by atoms with Gasteiger partial charge in [-0.15, -0.1) is 24.0 Å². The highest BCUT2D eigenvalue weighted by Gasteiger charge is 2.22. The molecule has 0 spiro atoms. The van der Waals surface area contributed by atoms with Crippen molar-refractivity contribution in [2.24, 2.45) is 10.9 Å². The average Bonchev–Trinajstić information content (AvgIpc) is 2.54. The Balaban J connectivity index is 0.00000484. The van der Waals surface area contributed by atoms with E-state index in [1.165, 1.54) is 25.7 Å². The lowest BCUT2D eigenvalue weighted by Crippen LogP contribution is -2.46. The van der Waals surface area contributed by atoms with Crippen LogP contribution in [0.5, 0.6) is 0 Å². The van der Waals surface area contributed by atoms with Gasteiger partial charge in [0.1, 0.15) is 0 Å². The summed E-state index contributed by atoms with van der Waals surface area (Å²) in [6.45, 7) is 8.18. The number of carbonyl (C=O) groups excluding carboxylic acids is 1. The van der Waals surface area contributed by atoms with Crippen LogP contribution in [-0.2, 0) is 4.79 Å². The average molecular weight is 438 g/mol. The Morgan fingerprint density at radius 3 is 2.43 bits per heavy atom. The van der Waals surface area contributed by atoms with Gasteiger partial charge in [0.05, 0.1) is 0 Å². The third-order valence-electron chi connectivity index (χ3n) is 4.28. The summed E-state index contributed by atoms with van der Waals surface area (Å²) < 4.78 is 0. The zero-order valence-corrected chi connectivity index (χ0v) is 17.4. The second-order valence-electron chi connectivity index (χ2n) is 6.10. The Morgan fingerprint density at radius 1 is 1.17 bits per heavy atom. The van der Waals surface area contributed by atoms with Crippen molar-refractivity contribution in [2.45, 2.75) is 58.8 Å². The smallest absolute Gasteiger partial charge is 0.220 e. The van der Waals surface area contributed by atoms with Crippen LogP contribution < -0.4 is 10.6 Å². The monoisotopic (exact) mass is 438 g/mol. The number of hydrogen-bond donors (Lipinski definition) is 2. The van der Waals surface area contributed by atoms with Gasteiger partial charge < -0.3 is 15.5 Å². The quantitative estimate of drug-likeness (QED) is 0.265. The van der Waals surface area contributed by atoms with Crippen molar-refractivity contribution in [3.8, 4) is 0 Å². The first-order valence-electron chi connectivity index (χ1n) is 8.95. The molecule has 1 amide bonds. The summed E-state index contributed by atoms with van der Waals surface area (Å²) in [5, 5.41) is 6.13. The van der Waals surface area contributed by atoms with E-state index in [9.17, 15) is 4.79 Å². The van der Waals surface area contributed by atoms with E-state index in [2.05, 4.69) is 29.4 Å². The molecule has 0 radical (unpaired) electrons. The van der Waals surface area contributed by atoms with Gasteiger partial charge in [0, 0.05) is 39.6 Å². The second-order valence-corrected chi connectivity index (χ2v) is 6.10. The minimum atomic E-state index is 0. The third-order valence-corrected chi connectivity index (χ3v) is 4.28. The van der Waals surface area contributed by atoms with Gasteiger partial charge in [0.25, 0.3) is 0 Å². The molecule has 136 valence electrons. The van der Waals surface area contributed by atoms with Crippen LogP contribution in [0, 0.1) is 5.92 Å². The van der Waals surface area contributed by atoms with Crippen molar-refractivity contribution in [2.75, 3.05) is 33.2 Å². The zero-order valence-electron chi connectivity index (χ0n) is 15.1. The van der Waals surface area contributed by atoms with Crippen molar-refractivity contribution in [3.63, 3.8) is 0 Å². The van der Waals surface area contributed by atoms with E-state index in [0.717, 1.165) is 45.0 Å². The van der Waals surface area contributed by atoms with Crippen LogP contribution in [-0.4, -0.2) is 50.0 Å². The van der Waals surface area contributed by atoms with E-state index in [-0.39, 0.29) is 29.9 Å². The van der Waals surface area contributed by atoms with Crippen molar-refractivity contribution in [3.05, 3.63) is 0 Å². The number of hydrogen-bond acceptors (Lipinski definition) is 2. The third kappa shape index (κ3) is 9.37. The fourth-order valence-electron chi connectivity index (χ4n) is 2.86. The van der Waals surface area contributed by atoms with Gasteiger partial charge in [0.15, 0.2) is 5.96 Å². The topological polar surface area (TPSA) is 56.7 Å². The van der Waals surface area contributed by atoms with E-state index < -0.39 is 0 Å². The lowest BCUT2D eigenvalue weighted by Gasteiger charge is -2.34. The Labute approximate surface area is 159 Å². The SMILES string of the molecule is CCCCCCN=C(NCC)N1CCC(CC(=O)NC)CC1.I. The molecule has 6 heteroatoms. The number of amides is 1. The molecule has 1 aliphatic rings. The largest absolute Gasteiger partial charge is 0.359 e. The van der Waals surface area contributed by atoms with Gasteiger partial charge in [-0.1, -0.05) is 26.2 Å². The van der Waals surface area contributed by atoms with E-state index >= 15 is 0 Å². The summed E-state index contributed by atoms with van der Waals surface area (Å²) in [7, 11) is 1.71. The normalized spacial score (nSPS) is 16.0. The van der Waals surface area contributed by atoms with Gasteiger partial charge in [-0.2, -0.15) is 0 Å². The van der Waals surface area contributed by atoms with Gasteiger partial charge in [-0.3, -0.25) is 9.79 Å². The highest BCUT2D eigenvalue weighted by Crippen LogP contribution is 2.20. The van der Waals surface area contributed by atoms with Crippen LogP contribution in [0.25, 0.3) is 0 Å². The van der Waals surface area contributed by atoms with E-state index in [0.29, 0.717) is 12.3 Å². The number of nitrogens with zero attached hydrogens (tertiary/aromatic N) is 2. The molecule has 1 heterocycles. The maximum Gasteiger partial charge on any atom is 0.220 e. The van der Waals surface area contributed by atoms with Crippen molar-refractivity contribution in [1.29, 1.82) is 0 Å². The van der Waals surface area contributed by atoms with E-state index in [1.54, 1.807) is 7.05 Å². The van der Waals surface area contributed by atoms with E-state index in [4.69, 9.17) is 4.99 Å². The molecule has 0 aliphatic carbocycles. The summed E-state index contributed by atoms with van der Waals surface area (Å²) >= 11 is 0. The Kier molecular flexibility index (Phi) is 13.5. The maximum absolute atomic E-state index is 11.5. The number of likely N-dealkylation sites (tertiary alicyclic amines) is 1. The summed E-state index contributed by atoms with van der Waals surface area (Å²) in [5.74, 6) is 1.73. The van der Waals surface area contributed by atoms with Crippen LogP contribution in [0.3, 0.4) is 0 Å².